The maximum absolute atomic E-state index is 2.52. The first-order valence-corrected chi connectivity index (χ1v) is 23.5. The van der Waals surface area contributed by atoms with Crippen molar-refractivity contribution < 1.29 is 0 Å². The van der Waals surface area contributed by atoms with E-state index in [0.29, 0.717) is 5.92 Å². The summed E-state index contributed by atoms with van der Waals surface area (Å²) in [5.74, 6) is 0.577. The Labute approximate surface area is 383 Å². The van der Waals surface area contributed by atoms with Crippen LogP contribution in [0, 0.1) is 0 Å². The van der Waals surface area contributed by atoms with Crippen molar-refractivity contribution in [1.82, 2.24) is 0 Å². The van der Waals surface area contributed by atoms with Crippen LogP contribution in [0.3, 0.4) is 0 Å². The van der Waals surface area contributed by atoms with E-state index in [9.17, 15) is 0 Å². The standard InChI is InChI=1S/C64H51N/c1-64(48-26-6-3-7-27-48)58-36-13-10-31-57(58)63-52(33-19-37-59(63)64)46-40-42-49(43-41-46)65(60-38-14-11-29-54(60)53-34-16-23-44-22-8-9-28-50(44)53)61-39-15-12-30-55(61)56-35-18-25-47-24-17-32-51(62(47)56)45-20-4-2-5-21-45/h3,6-19,22-43,45H,2,4-5,20-21H2,1H3. The Hall–Kier alpha value is -7.48. The summed E-state index contributed by atoms with van der Waals surface area (Å²) in [6.45, 7) is 2.40. The highest BCUT2D eigenvalue weighted by Gasteiger charge is 2.41. The minimum atomic E-state index is -0.257. The van der Waals surface area contributed by atoms with Gasteiger partial charge in [0.2, 0.25) is 0 Å². The van der Waals surface area contributed by atoms with Crippen LogP contribution in [0.2, 0.25) is 0 Å². The Morgan fingerprint density at radius 3 is 1.71 bits per heavy atom. The van der Waals surface area contributed by atoms with Gasteiger partial charge < -0.3 is 4.90 Å². The highest BCUT2D eigenvalue weighted by molar-refractivity contribution is 6.06. The monoisotopic (exact) mass is 833 g/mol. The van der Waals surface area contributed by atoms with Gasteiger partial charge in [-0.25, -0.2) is 0 Å². The lowest BCUT2D eigenvalue weighted by Gasteiger charge is -2.31. The molecule has 2 aliphatic rings. The molecular formula is C64H51N. The normalized spacial score (nSPS) is 15.8. The minimum Gasteiger partial charge on any atom is -0.309 e. The highest BCUT2D eigenvalue weighted by atomic mass is 15.1. The van der Waals surface area contributed by atoms with Crippen molar-refractivity contribution >= 4 is 38.6 Å². The van der Waals surface area contributed by atoms with Gasteiger partial charge in [-0.15, -0.1) is 0 Å². The summed E-state index contributed by atoms with van der Waals surface area (Å²) in [4.78, 5) is 2.52. The summed E-state index contributed by atoms with van der Waals surface area (Å²) in [6, 6.07) is 83.8. The van der Waals surface area contributed by atoms with Gasteiger partial charge in [0.15, 0.2) is 0 Å². The second-order valence-corrected chi connectivity index (χ2v) is 18.3. The largest absolute Gasteiger partial charge is 0.309 e. The quantitative estimate of drug-likeness (QED) is 0.147. The Bertz CT molecular complexity index is 3360. The number of hydrogen-bond donors (Lipinski definition) is 0. The zero-order valence-electron chi connectivity index (χ0n) is 36.9. The molecule has 0 heterocycles. The molecule has 10 aromatic carbocycles. The third-order valence-corrected chi connectivity index (χ3v) is 14.8. The second-order valence-electron chi connectivity index (χ2n) is 18.3. The maximum atomic E-state index is 2.52. The van der Waals surface area contributed by atoms with Gasteiger partial charge in [-0.3, -0.25) is 0 Å². The Balaban J connectivity index is 1.06. The molecule has 0 aromatic heterocycles. The molecule has 1 atom stereocenters. The summed E-state index contributed by atoms with van der Waals surface area (Å²) in [5.41, 5.74) is 18.7. The van der Waals surface area contributed by atoms with E-state index in [1.54, 1.807) is 0 Å². The third kappa shape index (κ3) is 6.52. The maximum Gasteiger partial charge on any atom is 0.0540 e. The molecule has 0 radical (unpaired) electrons. The van der Waals surface area contributed by atoms with Crippen molar-refractivity contribution in [2.24, 2.45) is 0 Å². The fourth-order valence-electron chi connectivity index (χ4n) is 11.7. The zero-order valence-corrected chi connectivity index (χ0v) is 36.9. The van der Waals surface area contributed by atoms with E-state index in [-0.39, 0.29) is 5.41 Å². The van der Waals surface area contributed by atoms with Crippen molar-refractivity contribution in [1.29, 1.82) is 0 Å². The second kappa shape index (κ2) is 16.3. The smallest absolute Gasteiger partial charge is 0.0540 e. The number of hydrogen-bond acceptors (Lipinski definition) is 1. The summed E-state index contributed by atoms with van der Waals surface area (Å²) in [6.07, 6.45) is 6.47. The number of para-hydroxylation sites is 2. The van der Waals surface area contributed by atoms with E-state index < -0.39 is 0 Å². The van der Waals surface area contributed by atoms with Gasteiger partial charge in [-0.2, -0.15) is 0 Å². The summed E-state index contributed by atoms with van der Waals surface area (Å²) in [5, 5.41) is 5.20. The van der Waals surface area contributed by atoms with Crippen molar-refractivity contribution in [2.75, 3.05) is 4.90 Å². The van der Waals surface area contributed by atoms with Crippen molar-refractivity contribution in [3.63, 3.8) is 0 Å². The average Bonchev–Trinajstić information content (AvgIpc) is 3.65. The van der Waals surface area contributed by atoms with Crippen LogP contribution in [0.25, 0.3) is 66.1 Å². The highest BCUT2D eigenvalue weighted by Crippen LogP contribution is 2.55. The molecule has 65 heavy (non-hydrogen) atoms. The third-order valence-electron chi connectivity index (χ3n) is 14.8. The number of benzene rings is 10. The number of anilines is 3. The molecule has 312 valence electrons. The van der Waals surface area contributed by atoms with E-state index in [2.05, 4.69) is 236 Å². The Morgan fingerprint density at radius 2 is 0.938 bits per heavy atom. The SMILES string of the molecule is CC1(c2ccccc2)c2ccccc2-c2c(-c3ccc(N(c4ccccc4-c4cccc5ccccc45)c4ccccc4-c4cccc5cccc(C6CCCCC6)c45)cc3)cccc21. The fourth-order valence-corrected chi connectivity index (χ4v) is 11.7. The zero-order chi connectivity index (χ0) is 43.3. The van der Waals surface area contributed by atoms with Crippen LogP contribution in [0.15, 0.2) is 224 Å². The first-order chi connectivity index (χ1) is 32.2. The molecule has 1 saturated carbocycles. The molecule has 1 unspecified atom stereocenters. The van der Waals surface area contributed by atoms with Gasteiger partial charge >= 0.3 is 0 Å². The molecule has 0 saturated heterocycles. The first-order valence-electron chi connectivity index (χ1n) is 23.5. The van der Waals surface area contributed by atoms with E-state index in [4.69, 9.17) is 0 Å². The molecule has 0 N–H and O–H groups in total. The number of fused-ring (bicyclic) bond motifs is 5. The Morgan fingerprint density at radius 1 is 0.400 bits per heavy atom. The molecular weight excluding hydrogens is 783 g/mol. The van der Waals surface area contributed by atoms with Crippen LogP contribution in [-0.4, -0.2) is 0 Å². The lowest BCUT2D eigenvalue weighted by atomic mass is 9.74. The number of rotatable bonds is 8. The van der Waals surface area contributed by atoms with Gasteiger partial charge in [-0.1, -0.05) is 219 Å². The van der Waals surface area contributed by atoms with Crippen molar-refractivity contribution in [3.8, 4) is 44.5 Å². The fraction of sp³-hybridized carbons (Fsp3) is 0.125. The summed E-state index contributed by atoms with van der Waals surface area (Å²) < 4.78 is 0. The molecule has 0 bridgehead atoms. The van der Waals surface area contributed by atoms with E-state index in [1.165, 1.54) is 120 Å². The topological polar surface area (TPSA) is 3.24 Å². The molecule has 1 nitrogen and oxygen atoms in total. The summed E-state index contributed by atoms with van der Waals surface area (Å²) in [7, 11) is 0. The van der Waals surface area contributed by atoms with Crippen LogP contribution >= 0.6 is 0 Å². The Kier molecular flexibility index (Phi) is 9.79. The predicted octanol–water partition coefficient (Wildman–Crippen LogP) is 17.8. The molecule has 12 rings (SSSR count). The lowest BCUT2D eigenvalue weighted by molar-refractivity contribution is 0.445. The van der Waals surface area contributed by atoms with Crippen LogP contribution in [0.4, 0.5) is 17.1 Å². The van der Waals surface area contributed by atoms with E-state index in [0.717, 1.165) is 17.1 Å². The summed E-state index contributed by atoms with van der Waals surface area (Å²) >= 11 is 0. The van der Waals surface area contributed by atoms with Gasteiger partial charge in [0.1, 0.15) is 0 Å². The van der Waals surface area contributed by atoms with Crippen molar-refractivity contribution in [3.05, 3.63) is 247 Å². The van der Waals surface area contributed by atoms with Crippen LogP contribution < -0.4 is 4.90 Å². The minimum absolute atomic E-state index is 0.257. The molecule has 2 aliphatic carbocycles. The van der Waals surface area contributed by atoms with Crippen LogP contribution in [-0.2, 0) is 5.41 Å². The van der Waals surface area contributed by atoms with Crippen molar-refractivity contribution in [2.45, 2.75) is 50.4 Å². The van der Waals surface area contributed by atoms with Gasteiger partial charge in [0, 0.05) is 22.2 Å². The molecule has 0 aliphatic heterocycles. The molecule has 1 fully saturated rings. The van der Waals surface area contributed by atoms with Gasteiger partial charge in [-0.05, 0) is 127 Å². The number of nitrogens with zero attached hydrogens (tertiary/aromatic N) is 1. The first kappa shape index (κ1) is 39.1. The molecule has 0 amide bonds. The molecule has 1 heteroatoms. The lowest BCUT2D eigenvalue weighted by Crippen LogP contribution is -2.22. The average molecular weight is 834 g/mol. The van der Waals surface area contributed by atoms with E-state index in [1.807, 2.05) is 0 Å². The van der Waals surface area contributed by atoms with Crippen LogP contribution in [0.5, 0.6) is 0 Å². The molecule has 10 aromatic rings. The van der Waals surface area contributed by atoms with Gasteiger partial charge in [0.05, 0.1) is 11.4 Å². The van der Waals surface area contributed by atoms with E-state index >= 15 is 0 Å². The van der Waals surface area contributed by atoms with Crippen LogP contribution in [0.1, 0.15) is 67.2 Å². The predicted molar refractivity (Wildman–Crippen MR) is 276 cm³/mol. The molecule has 0 spiro atoms. The van der Waals surface area contributed by atoms with Gasteiger partial charge in [0.25, 0.3) is 0 Å².